The molecule has 1 aliphatic rings. The molecule has 1 unspecified atom stereocenters. The van der Waals surface area contributed by atoms with Crippen LogP contribution in [0.3, 0.4) is 0 Å². The number of nitrogens with two attached hydrogens (primary N) is 1. The Morgan fingerprint density at radius 1 is 1.47 bits per heavy atom. The van der Waals surface area contributed by atoms with Gasteiger partial charge in [0.1, 0.15) is 5.82 Å². The van der Waals surface area contributed by atoms with Crippen molar-refractivity contribution in [3.63, 3.8) is 0 Å². The molecule has 2 nitrogen and oxygen atoms in total. The summed E-state index contributed by atoms with van der Waals surface area (Å²) in [6, 6.07) is 4.79. The minimum Gasteiger partial charge on any atom is -0.396 e. The Balaban J connectivity index is 2.19. The molecule has 0 radical (unpaired) electrons. The molecule has 1 saturated carbocycles. The Hall–Kier alpha value is -0.640. The van der Waals surface area contributed by atoms with E-state index in [4.69, 9.17) is 17.3 Å². The van der Waals surface area contributed by atoms with E-state index in [0.29, 0.717) is 18.9 Å². The minimum atomic E-state index is -0.413. The third kappa shape index (κ3) is 2.62. The lowest BCUT2D eigenvalue weighted by atomic mass is 9.78. The molecule has 1 aliphatic carbocycles. The van der Waals surface area contributed by atoms with E-state index in [1.165, 1.54) is 6.07 Å². The molecule has 1 fully saturated rings. The van der Waals surface area contributed by atoms with Gasteiger partial charge in [-0.25, -0.2) is 4.39 Å². The summed E-state index contributed by atoms with van der Waals surface area (Å²) in [5, 5.41) is 9.70. The van der Waals surface area contributed by atoms with E-state index < -0.39 is 5.82 Å². The SMILES string of the molecule is NCC(CO)(Cc1ccc(Cl)c(F)c1)C1CC1. The Labute approximate surface area is 106 Å². The molecule has 1 atom stereocenters. The van der Waals surface area contributed by atoms with Gasteiger partial charge in [0.15, 0.2) is 0 Å². The van der Waals surface area contributed by atoms with Crippen LogP contribution >= 0.6 is 11.6 Å². The van der Waals surface area contributed by atoms with E-state index in [1.54, 1.807) is 12.1 Å². The molecule has 1 aromatic carbocycles. The first-order chi connectivity index (χ1) is 8.11. The molecule has 0 saturated heterocycles. The highest BCUT2D eigenvalue weighted by Crippen LogP contribution is 2.46. The lowest BCUT2D eigenvalue weighted by molar-refractivity contribution is 0.109. The Morgan fingerprint density at radius 2 is 2.18 bits per heavy atom. The molecule has 0 bridgehead atoms. The molecule has 94 valence electrons. The van der Waals surface area contributed by atoms with Crippen LogP contribution in [-0.2, 0) is 6.42 Å². The summed E-state index contributed by atoms with van der Waals surface area (Å²) < 4.78 is 13.4. The van der Waals surface area contributed by atoms with Gasteiger partial charge in [-0.2, -0.15) is 0 Å². The summed E-state index contributed by atoms with van der Waals surface area (Å²) in [7, 11) is 0. The summed E-state index contributed by atoms with van der Waals surface area (Å²) in [6.07, 6.45) is 2.82. The van der Waals surface area contributed by atoms with E-state index in [2.05, 4.69) is 0 Å². The van der Waals surface area contributed by atoms with Crippen LogP contribution in [0, 0.1) is 17.2 Å². The maximum atomic E-state index is 13.4. The van der Waals surface area contributed by atoms with Crippen LogP contribution in [0.4, 0.5) is 4.39 Å². The highest BCUT2D eigenvalue weighted by Gasteiger charge is 2.43. The lowest BCUT2D eigenvalue weighted by Crippen LogP contribution is -2.38. The average molecular weight is 258 g/mol. The van der Waals surface area contributed by atoms with Gasteiger partial charge in [-0.15, -0.1) is 0 Å². The second kappa shape index (κ2) is 4.92. The van der Waals surface area contributed by atoms with E-state index in [0.717, 1.165) is 18.4 Å². The predicted octanol–water partition coefficient (Wildman–Crippen LogP) is 2.37. The molecule has 0 heterocycles. The predicted molar refractivity (Wildman–Crippen MR) is 66.4 cm³/mol. The number of halogens is 2. The first-order valence-electron chi connectivity index (χ1n) is 5.86. The van der Waals surface area contributed by atoms with Crippen molar-refractivity contribution in [3.8, 4) is 0 Å². The van der Waals surface area contributed by atoms with Gasteiger partial charge < -0.3 is 10.8 Å². The molecule has 0 amide bonds. The molecule has 0 aromatic heterocycles. The third-order valence-corrected chi connectivity index (χ3v) is 4.01. The maximum Gasteiger partial charge on any atom is 0.142 e. The largest absolute Gasteiger partial charge is 0.396 e. The monoisotopic (exact) mass is 257 g/mol. The molecule has 0 spiro atoms. The van der Waals surface area contributed by atoms with Crippen molar-refractivity contribution in [1.29, 1.82) is 0 Å². The summed E-state index contributed by atoms with van der Waals surface area (Å²) in [6.45, 7) is 0.483. The zero-order valence-corrected chi connectivity index (χ0v) is 10.4. The number of aliphatic hydroxyl groups is 1. The van der Waals surface area contributed by atoms with Crippen LogP contribution < -0.4 is 5.73 Å². The molecule has 0 aliphatic heterocycles. The van der Waals surface area contributed by atoms with Gasteiger partial charge in [-0.1, -0.05) is 17.7 Å². The number of rotatable bonds is 5. The van der Waals surface area contributed by atoms with Crippen LogP contribution in [-0.4, -0.2) is 18.3 Å². The van der Waals surface area contributed by atoms with Crippen molar-refractivity contribution < 1.29 is 9.50 Å². The van der Waals surface area contributed by atoms with Crippen molar-refractivity contribution in [2.24, 2.45) is 17.1 Å². The highest BCUT2D eigenvalue weighted by molar-refractivity contribution is 6.30. The summed E-state index contributed by atoms with van der Waals surface area (Å²) >= 11 is 5.65. The van der Waals surface area contributed by atoms with Gasteiger partial charge >= 0.3 is 0 Å². The highest BCUT2D eigenvalue weighted by atomic mass is 35.5. The molecule has 2 rings (SSSR count). The topological polar surface area (TPSA) is 46.2 Å². The summed E-state index contributed by atoms with van der Waals surface area (Å²) in [5.74, 6) is 0.0556. The summed E-state index contributed by atoms with van der Waals surface area (Å²) in [4.78, 5) is 0. The quantitative estimate of drug-likeness (QED) is 0.851. The van der Waals surface area contributed by atoms with Crippen LogP contribution in [0.15, 0.2) is 18.2 Å². The molecule has 1 aromatic rings. The number of aliphatic hydroxyl groups excluding tert-OH is 1. The Morgan fingerprint density at radius 3 is 2.65 bits per heavy atom. The summed E-state index contributed by atoms with van der Waals surface area (Å²) in [5.41, 5.74) is 6.35. The van der Waals surface area contributed by atoms with E-state index in [9.17, 15) is 9.50 Å². The normalized spacial score (nSPS) is 19.1. The first kappa shape index (κ1) is 12.8. The minimum absolute atomic E-state index is 0.0540. The van der Waals surface area contributed by atoms with E-state index >= 15 is 0 Å². The molecular weight excluding hydrogens is 241 g/mol. The second-order valence-electron chi connectivity index (χ2n) is 4.92. The first-order valence-corrected chi connectivity index (χ1v) is 6.24. The van der Waals surface area contributed by atoms with Gasteiger partial charge in [0.05, 0.1) is 11.6 Å². The van der Waals surface area contributed by atoms with Crippen molar-refractivity contribution in [1.82, 2.24) is 0 Å². The van der Waals surface area contributed by atoms with Crippen LogP contribution in [0.25, 0.3) is 0 Å². The fourth-order valence-corrected chi connectivity index (χ4v) is 2.50. The maximum absolute atomic E-state index is 13.4. The van der Waals surface area contributed by atoms with Crippen molar-refractivity contribution >= 4 is 11.6 Å². The number of hydrogen-bond acceptors (Lipinski definition) is 2. The van der Waals surface area contributed by atoms with Crippen LogP contribution in [0.5, 0.6) is 0 Å². The Bertz CT molecular complexity index is 402. The average Bonchev–Trinajstić information content (AvgIpc) is 3.15. The molecule has 17 heavy (non-hydrogen) atoms. The zero-order chi connectivity index (χ0) is 12.5. The second-order valence-corrected chi connectivity index (χ2v) is 5.33. The standard InChI is InChI=1S/C13H17ClFNO/c14-11-4-1-9(5-12(11)15)6-13(7-16,8-17)10-2-3-10/h1,4-5,10,17H,2-3,6-8,16H2. The Kier molecular flexibility index (Phi) is 3.71. The van der Waals surface area contributed by atoms with Crippen molar-refractivity contribution in [2.45, 2.75) is 19.3 Å². The van der Waals surface area contributed by atoms with Gasteiger partial charge in [0.25, 0.3) is 0 Å². The molecular formula is C13H17ClFNO. The molecule has 3 N–H and O–H groups in total. The van der Waals surface area contributed by atoms with E-state index in [1.807, 2.05) is 0 Å². The number of hydrogen-bond donors (Lipinski definition) is 2. The van der Waals surface area contributed by atoms with Gasteiger partial charge in [-0.3, -0.25) is 0 Å². The van der Waals surface area contributed by atoms with Crippen molar-refractivity contribution in [2.75, 3.05) is 13.2 Å². The van der Waals surface area contributed by atoms with Crippen LogP contribution in [0.1, 0.15) is 18.4 Å². The third-order valence-electron chi connectivity index (χ3n) is 3.70. The smallest absolute Gasteiger partial charge is 0.142 e. The number of benzene rings is 1. The van der Waals surface area contributed by atoms with Crippen molar-refractivity contribution in [3.05, 3.63) is 34.6 Å². The zero-order valence-electron chi connectivity index (χ0n) is 9.63. The fraction of sp³-hybridized carbons (Fsp3) is 0.538. The lowest BCUT2D eigenvalue weighted by Gasteiger charge is -2.30. The fourth-order valence-electron chi connectivity index (χ4n) is 2.38. The van der Waals surface area contributed by atoms with E-state index in [-0.39, 0.29) is 17.0 Å². The molecule has 4 heteroatoms. The van der Waals surface area contributed by atoms with Gasteiger partial charge in [-0.05, 0) is 42.9 Å². The van der Waals surface area contributed by atoms with Crippen LogP contribution in [0.2, 0.25) is 5.02 Å². The van der Waals surface area contributed by atoms with Gasteiger partial charge in [0.2, 0.25) is 0 Å². The van der Waals surface area contributed by atoms with Gasteiger partial charge in [0, 0.05) is 12.0 Å².